The predicted molar refractivity (Wildman–Crippen MR) is 143 cm³/mol. The van der Waals surface area contributed by atoms with Gasteiger partial charge >= 0.3 is 0 Å². The molecule has 2 fully saturated rings. The lowest BCUT2D eigenvalue weighted by molar-refractivity contribution is 0.100. The Morgan fingerprint density at radius 3 is 2.53 bits per heavy atom. The molecule has 1 saturated carbocycles. The smallest absolute Gasteiger partial charge is 0.248 e. The van der Waals surface area contributed by atoms with Crippen LogP contribution in [0.1, 0.15) is 48.9 Å². The van der Waals surface area contributed by atoms with Crippen LogP contribution in [-0.2, 0) is 0 Å². The summed E-state index contributed by atoms with van der Waals surface area (Å²) in [5, 5.41) is 7.64. The largest absolute Gasteiger partial charge is 0.370 e. The van der Waals surface area contributed by atoms with Crippen LogP contribution in [0.2, 0.25) is 0 Å². The number of carbonyl (C=O) groups excluding carboxylic acids is 1. The molecule has 0 spiro atoms. The molecule has 1 aromatic heterocycles. The lowest BCUT2D eigenvalue weighted by Crippen LogP contribution is -2.55. The van der Waals surface area contributed by atoms with E-state index in [1.165, 1.54) is 12.8 Å². The molecule has 3 aromatic rings. The molecule has 1 aliphatic carbocycles. The van der Waals surface area contributed by atoms with Crippen molar-refractivity contribution in [2.24, 2.45) is 5.73 Å². The minimum Gasteiger partial charge on any atom is -0.370 e. The maximum absolute atomic E-state index is 13.4. The number of nitrogens with two attached hydrogens (primary N) is 1. The van der Waals surface area contributed by atoms with E-state index in [9.17, 15) is 9.18 Å². The van der Waals surface area contributed by atoms with E-state index in [1.807, 2.05) is 48.7 Å². The second kappa shape index (κ2) is 11.1. The van der Waals surface area contributed by atoms with Crippen LogP contribution >= 0.6 is 0 Å². The van der Waals surface area contributed by atoms with Crippen molar-refractivity contribution < 1.29 is 9.18 Å². The van der Waals surface area contributed by atoms with Crippen LogP contribution in [0.5, 0.6) is 0 Å². The molecular formula is C29H34FN5O. The molecule has 36 heavy (non-hydrogen) atoms. The van der Waals surface area contributed by atoms with Crippen molar-refractivity contribution >= 4 is 17.4 Å². The molecule has 2 aromatic carbocycles. The number of anilines is 2. The summed E-state index contributed by atoms with van der Waals surface area (Å²) < 4.78 is 13.4. The number of hydrogen-bond donors (Lipinski definition) is 3. The van der Waals surface area contributed by atoms with Gasteiger partial charge in [-0.1, -0.05) is 25.0 Å². The van der Waals surface area contributed by atoms with Crippen LogP contribution in [0, 0.1) is 5.82 Å². The number of carbonyl (C=O) groups is 1. The number of amides is 1. The first-order valence-electron chi connectivity index (χ1n) is 12.9. The van der Waals surface area contributed by atoms with Crippen molar-refractivity contribution in [1.29, 1.82) is 0 Å². The topological polar surface area (TPSA) is 83.3 Å². The van der Waals surface area contributed by atoms with Gasteiger partial charge in [0, 0.05) is 48.7 Å². The van der Waals surface area contributed by atoms with Gasteiger partial charge in [-0.15, -0.1) is 0 Å². The monoisotopic (exact) mass is 487 g/mol. The van der Waals surface area contributed by atoms with Gasteiger partial charge in [-0.3, -0.25) is 4.79 Å². The predicted octanol–water partition coefficient (Wildman–Crippen LogP) is 4.97. The third kappa shape index (κ3) is 5.85. The van der Waals surface area contributed by atoms with E-state index in [0.29, 0.717) is 23.7 Å². The quantitative estimate of drug-likeness (QED) is 0.438. The number of benzene rings is 2. The van der Waals surface area contributed by atoms with Crippen molar-refractivity contribution in [2.75, 3.05) is 23.3 Å². The van der Waals surface area contributed by atoms with Gasteiger partial charge in [-0.2, -0.15) is 0 Å². The van der Waals surface area contributed by atoms with Gasteiger partial charge in [0.1, 0.15) is 11.6 Å². The summed E-state index contributed by atoms with van der Waals surface area (Å²) in [7, 11) is 0. The summed E-state index contributed by atoms with van der Waals surface area (Å²) in [5.74, 6) is 0.216. The van der Waals surface area contributed by atoms with E-state index < -0.39 is 5.91 Å². The SMILES string of the molecule is NC(=O)c1cccc(-c2ccnc(N[C@@H]3CCCC[C@H]3N[C@H]3CCCN(c4ccc(F)cc4)C3)c2)c1. The number of hydrogen-bond acceptors (Lipinski definition) is 5. The number of nitrogens with one attached hydrogen (secondary N) is 2. The Morgan fingerprint density at radius 2 is 1.72 bits per heavy atom. The molecule has 0 radical (unpaired) electrons. The first-order chi connectivity index (χ1) is 17.5. The van der Waals surface area contributed by atoms with Crippen LogP contribution in [0.25, 0.3) is 11.1 Å². The molecular weight excluding hydrogens is 453 g/mol. The molecule has 6 nitrogen and oxygen atoms in total. The van der Waals surface area contributed by atoms with Crippen molar-refractivity contribution in [1.82, 2.24) is 10.3 Å². The number of pyridine rings is 1. The minimum absolute atomic E-state index is 0.195. The zero-order valence-corrected chi connectivity index (χ0v) is 20.5. The molecule has 0 unspecified atom stereocenters. The highest BCUT2D eigenvalue weighted by molar-refractivity contribution is 5.94. The Bertz CT molecular complexity index is 1180. The van der Waals surface area contributed by atoms with Gasteiger partial charge in [0.2, 0.25) is 5.91 Å². The fourth-order valence-corrected chi connectivity index (χ4v) is 5.54. The Kier molecular flexibility index (Phi) is 7.47. The fourth-order valence-electron chi connectivity index (χ4n) is 5.54. The normalized spacial score (nSPS) is 22.2. The van der Waals surface area contributed by atoms with Gasteiger partial charge in [0.15, 0.2) is 0 Å². The Labute approximate surface area is 212 Å². The van der Waals surface area contributed by atoms with Gasteiger partial charge in [-0.05, 0) is 85.3 Å². The van der Waals surface area contributed by atoms with Gasteiger partial charge < -0.3 is 21.3 Å². The third-order valence-corrected chi connectivity index (χ3v) is 7.40. The average Bonchev–Trinajstić information content (AvgIpc) is 2.91. The van der Waals surface area contributed by atoms with Crippen molar-refractivity contribution in [2.45, 2.75) is 56.7 Å². The molecule has 7 heteroatoms. The Morgan fingerprint density at radius 1 is 0.944 bits per heavy atom. The lowest BCUT2D eigenvalue weighted by Gasteiger charge is -2.40. The van der Waals surface area contributed by atoms with Crippen LogP contribution in [0.4, 0.5) is 15.9 Å². The van der Waals surface area contributed by atoms with E-state index in [4.69, 9.17) is 5.73 Å². The third-order valence-electron chi connectivity index (χ3n) is 7.40. The lowest BCUT2D eigenvalue weighted by atomic mass is 9.89. The molecule has 1 saturated heterocycles. The summed E-state index contributed by atoms with van der Waals surface area (Å²) in [5.41, 5.74) is 8.99. The highest BCUT2D eigenvalue weighted by Crippen LogP contribution is 2.27. The first-order valence-corrected chi connectivity index (χ1v) is 12.9. The zero-order chi connectivity index (χ0) is 24.9. The molecule has 3 atom stereocenters. The second-order valence-corrected chi connectivity index (χ2v) is 9.94. The van der Waals surface area contributed by atoms with Crippen molar-refractivity contribution in [3.8, 4) is 11.1 Å². The van der Waals surface area contributed by atoms with E-state index in [-0.39, 0.29) is 5.82 Å². The molecule has 4 N–H and O–H groups in total. The molecule has 2 heterocycles. The van der Waals surface area contributed by atoms with Crippen molar-refractivity contribution in [3.63, 3.8) is 0 Å². The number of aromatic nitrogens is 1. The van der Waals surface area contributed by atoms with E-state index in [1.54, 1.807) is 18.2 Å². The fraction of sp³-hybridized carbons (Fsp3) is 0.379. The van der Waals surface area contributed by atoms with Gasteiger partial charge in [0.05, 0.1) is 0 Å². The highest BCUT2D eigenvalue weighted by Gasteiger charge is 2.29. The van der Waals surface area contributed by atoms with Crippen molar-refractivity contribution in [3.05, 3.63) is 78.2 Å². The van der Waals surface area contributed by atoms with Crippen LogP contribution in [-0.4, -0.2) is 42.1 Å². The molecule has 1 aliphatic heterocycles. The summed E-state index contributed by atoms with van der Waals surface area (Å²) in [4.78, 5) is 18.5. The molecule has 188 valence electrons. The number of nitrogens with zero attached hydrogens (tertiary/aromatic N) is 2. The van der Waals surface area contributed by atoms with E-state index in [0.717, 1.165) is 61.4 Å². The van der Waals surface area contributed by atoms with Gasteiger partial charge in [-0.25, -0.2) is 9.37 Å². The summed E-state index contributed by atoms with van der Waals surface area (Å²) >= 11 is 0. The van der Waals surface area contributed by atoms with Crippen LogP contribution in [0.3, 0.4) is 0 Å². The Hall–Kier alpha value is -3.45. The van der Waals surface area contributed by atoms with Crippen LogP contribution in [0.15, 0.2) is 66.9 Å². The summed E-state index contributed by atoms with van der Waals surface area (Å²) in [6, 6.07) is 19.3. The molecule has 5 rings (SSSR count). The average molecular weight is 488 g/mol. The Balaban J connectivity index is 1.26. The summed E-state index contributed by atoms with van der Waals surface area (Å²) in [6.45, 7) is 1.93. The van der Waals surface area contributed by atoms with E-state index in [2.05, 4.69) is 20.5 Å². The molecule has 0 bridgehead atoms. The minimum atomic E-state index is -0.430. The summed E-state index contributed by atoms with van der Waals surface area (Å²) in [6.07, 6.45) is 8.71. The van der Waals surface area contributed by atoms with E-state index >= 15 is 0 Å². The maximum atomic E-state index is 13.4. The van der Waals surface area contributed by atoms with Gasteiger partial charge in [0.25, 0.3) is 0 Å². The second-order valence-electron chi connectivity index (χ2n) is 9.94. The number of halogens is 1. The highest BCUT2D eigenvalue weighted by atomic mass is 19.1. The number of primary amides is 1. The first kappa shape index (κ1) is 24.3. The number of piperidine rings is 1. The van der Waals surface area contributed by atoms with Crippen LogP contribution < -0.4 is 21.3 Å². The molecule has 2 aliphatic rings. The zero-order valence-electron chi connectivity index (χ0n) is 20.5. The number of rotatable bonds is 7. The maximum Gasteiger partial charge on any atom is 0.248 e. The molecule has 1 amide bonds. The standard InChI is InChI=1S/C29H34FN5O/c30-23-10-12-25(13-11-23)35-16-4-7-24(19-35)33-26-8-1-2-9-27(26)34-28-18-21(14-15-32-28)20-5-3-6-22(17-20)29(31)36/h3,5-6,10-15,17-18,24,26-27,33H,1-2,4,7-9,16,19H2,(H2,31,36)(H,32,34)/t24-,26+,27+/m0/s1.